The molecule has 0 saturated carbocycles. The second-order valence-electron chi connectivity index (χ2n) is 6.24. The number of nitrogens with one attached hydrogen (secondary N) is 1. The third-order valence-corrected chi connectivity index (χ3v) is 4.68. The van der Waals surface area contributed by atoms with E-state index in [0.717, 1.165) is 51.1 Å². The molecule has 1 saturated heterocycles. The summed E-state index contributed by atoms with van der Waals surface area (Å²) in [5.41, 5.74) is 1.32. The van der Waals surface area contributed by atoms with Crippen molar-refractivity contribution in [1.82, 2.24) is 14.9 Å². The van der Waals surface area contributed by atoms with Crippen LogP contribution in [-0.4, -0.2) is 39.2 Å². The Morgan fingerprint density at radius 1 is 1.23 bits per heavy atom. The van der Waals surface area contributed by atoms with Gasteiger partial charge in [-0.3, -0.25) is 4.90 Å². The maximum absolute atomic E-state index is 10.4. The molecule has 3 rings (SSSR count). The lowest BCUT2D eigenvalue weighted by Crippen LogP contribution is -2.37. The number of likely N-dealkylation sites (tertiary alicyclic amines) is 1. The van der Waals surface area contributed by atoms with E-state index in [1.807, 2.05) is 12.3 Å². The van der Waals surface area contributed by atoms with Crippen LogP contribution in [0.5, 0.6) is 0 Å². The summed E-state index contributed by atoms with van der Waals surface area (Å²) in [6.07, 6.45) is 7.49. The standard InChI is InChI=1S/C18H25N3O/c22-17(7-6-15-4-2-1-3-5-15)16-8-12-21(13-9-16)14-18-19-10-11-20-18/h1-5,10-11,16-17,22H,6-9,12-14H2,(H,19,20). The largest absolute Gasteiger partial charge is 0.393 e. The van der Waals surface area contributed by atoms with Crippen molar-refractivity contribution in [1.29, 1.82) is 0 Å². The minimum atomic E-state index is -0.175. The smallest absolute Gasteiger partial charge is 0.120 e. The van der Waals surface area contributed by atoms with E-state index in [4.69, 9.17) is 0 Å². The summed E-state index contributed by atoms with van der Waals surface area (Å²) in [7, 11) is 0. The molecule has 1 aliphatic rings. The average Bonchev–Trinajstić information content (AvgIpc) is 3.07. The van der Waals surface area contributed by atoms with Crippen LogP contribution in [-0.2, 0) is 13.0 Å². The molecule has 118 valence electrons. The van der Waals surface area contributed by atoms with E-state index in [2.05, 4.69) is 39.1 Å². The topological polar surface area (TPSA) is 52.1 Å². The first kappa shape index (κ1) is 15.3. The fourth-order valence-electron chi connectivity index (χ4n) is 3.29. The average molecular weight is 299 g/mol. The molecule has 2 heterocycles. The summed E-state index contributed by atoms with van der Waals surface area (Å²) in [4.78, 5) is 9.85. The number of H-pyrrole nitrogens is 1. The van der Waals surface area contributed by atoms with Crippen molar-refractivity contribution >= 4 is 0 Å². The van der Waals surface area contributed by atoms with Gasteiger partial charge in [0.15, 0.2) is 0 Å². The SMILES string of the molecule is OC(CCc1ccccc1)C1CCN(Cc2ncc[nH]2)CC1. The zero-order valence-corrected chi connectivity index (χ0v) is 13.0. The Labute approximate surface area is 132 Å². The molecule has 22 heavy (non-hydrogen) atoms. The zero-order valence-electron chi connectivity index (χ0n) is 13.0. The van der Waals surface area contributed by atoms with Crippen molar-refractivity contribution in [2.45, 2.75) is 38.3 Å². The lowest BCUT2D eigenvalue weighted by Gasteiger charge is -2.33. The molecule has 1 atom stereocenters. The first-order valence-electron chi connectivity index (χ1n) is 8.24. The van der Waals surface area contributed by atoms with Crippen LogP contribution in [0.4, 0.5) is 0 Å². The van der Waals surface area contributed by atoms with Crippen molar-refractivity contribution in [3.63, 3.8) is 0 Å². The van der Waals surface area contributed by atoms with Gasteiger partial charge in [0.1, 0.15) is 5.82 Å². The summed E-state index contributed by atoms with van der Waals surface area (Å²) in [6, 6.07) is 10.4. The normalized spacial score (nSPS) is 18.4. The molecular formula is C18H25N3O. The van der Waals surface area contributed by atoms with Gasteiger partial charge in [0.2, 0.25) is 0 Å². The van der Waals surface area contributed by atoms with Gasteiger partial charge < -0.3 is 10.1 Å². The highest BCUT2D eigenvalue weighted by Crippen LogP contribution is 2.24. The Kier molecular flexibility index (Phi) is 5.24. The van der Waals surface area contributed by atoms with E-state index in [-0.39, 0.29) is 6.10 Å². The van der Waals surface area contributed by atoms with Crippen LogP contribution in [0, 0.1) is 5.92 Å². The molecule has 1 aromatic heterocycles. The maximum Gasteiger partial charge on any atom is 0.120 e. The molecule has 1 unspecified atom stereocenters. The highest BCUT2D eigenvalue weighted by molar-refractivity contribution is 5.14. The van der Waals surface area contributed by atoms with E-state index in [1.165, 1.54) is 5.56 Å². The number of imidazole rings is 1. The van der Waals surface area contributed by atoms with Gasteiger partial charge in [0.25, 0.3) is 0 Å². The van der Waals surface area contributed by atoms with Crippen molar-refractivity contribution in [2.75, 3.05) is 13.1 Å². The highest BCUT2D eigenvalue weighted by Gasteiger charge is 2.25. The minimum absolute atomic E-state index is 0.175. The predicted octanol–water partition coefficient (Wildman–Crippen LogP) is 2.62. The second kappa shape index (κ2) is 7.56. The van der Waals surface area contributed by atoms with Crippen LogP contribution >= 0.6 is 0 Å². The third-order valence-electron chi connectivity index (χ3n) is 4.68. The number of aromatic nitrogens is 2. The summed E-state index contributed by atoms with van der Waals surface area (Å²) in [5.74, 6) is 1.47. The predicted molar refractivity (Wildman–Crippen MR) is 87.4 cm³/mol. The van der Waals surface area contributed by atoms with Crippen molar-refractivity contribution in [2.24, 2.45) is 5.92 Å². The number of rotatable bonds is 6. The van der Waals surface area contributed by atoms with Crippen molar-refractivity contribution < 1.29 is 5.11 Å². The zero-order chi connectivity index (χ0) is 15.2. The van der Waals surface area contributed by atoms with Gasteiger partial charge in [0, 0.05) is 12.4 Å². The monoisotopic (exact) mass is 299 g/mol. The van der Waals surface area contributed by atoms with Crippen LogP contribution in [0.2, 0.25) is 0 Å². The molecule has 0 radical (unpaired) electrons. The van der Waals surface area contributed by atoms with Gasteiger partial charge in [0.05, 0.1) is 12.6 Å². The number of hydrogen-bond acceptors (Lipinski definition) is 3. The third kappa shape index (κ3) is 4.18. The van der Waals surface area contributed by atoms with Gasteiger partial charge in [-0.25, -0.2) is 4.98 Å². The number of aryl methyl sites for hydroxylation is 1. The molecule has 0 bridgehead atoms. The first-order valence-corrected chi connectivity index (χ1v) is 8.24. The van der Waals surface area contributed by atoms with Gasteiger partial charge in [-0.15, -0.1) is 0 Å². The molecule has 1 aliphatic heterocycles. The van der Waals surface area contributed by atoms with Crippen molar-refractivity contribution in [3.05, 3.63) is 54.1 Å². The number of hydrogen-bond donors (Lipinski definition) is 2. The summed E-state index contributed by atoms with van der Waals surface area (Å²) < 4.78 is 0. The quantitative estimate of drug-likeness (QED) is 0.862. The van der Waals surface area contributed by atoms with Crippen LogP contribution in [0.15, 0.2) is 42.7 Å². The Bertz CT molecular complexity index is 533. The van der Waals surface area contributed by atoms with Crippen molar-refractivity contribution in [3.8, 4) is 0 Å². The summed E-state index contributed by atoms with van der Waals surface area (Å²) in [5, 5.41) is 10.4. The Morgan fingerprint density at radius 3 is 2.68 bits per heavy atom. The molecule has 0 amide bonds. The molecule has 4 heteroatoms. The molecule has 1 aromatic carbocycles. The molecular weight excluding hydrogens is 274 g/mol. The maximum atomic E-state index is 10.4. The van der Waals surface area contributed by atoms with E-state index >= 15 is 0 Å². The van der Waals surface area contributed by atoms with Gasteiger partial charge in [-0.1, -0.05) is 30.3 Å². The van der Waals surface area contributed by atoms with E-state index in [9.17, 15) is 5.11 Å². The molecule has 0 spiro atoms. The second-order valence-corrected chi connectivity index (χ2v) is 6.24. The van der Waals surface area contributed by atoms with E-state index < -0.39 is 0 Å². The lowest BCUT2D eigenvalue weighted by molar-refractivity contribution is 0.0513. The highest BCUT2D eigenvalue weighted by atomic mass is 16.3. The van der Waals surface area contributed by atoms with E-state index in [0.29, 0.717) is 5.92 Å². The van der Waals surface area contributed by atoms with Gasteiger partial charge in [-0.05, 0) is 50.3 Å². The number of nitrogens with zero attached hydrogens (tertiary/aromatic N) is 2. The fourth-order valence-corrected chi connectivity index (χ4v) is 3.29. The number of aliphatic hydroxyl groups is 1. The molecule has 2 N–H and O–H groups in total. The Hall–Kier alpha value is -1.65. The van der Waals surface area contributed by atoms with E-state index in [1.54, 1.807) is 6.20 Å². The number of aliphatic hydroxyl groups excluding tert-OH is 1. The number of piperidine rings is 1. The van der Waals surface area contributed by atoms with Crippen LogP contribution in [0.25, 0.3) is 0 Å². The number of benzene rings is 1. The lowest BCUT2D eigenvalue weighted by atomic mass is 9.88. The summed E-state index contributed by atoms with van der Waals surface area (Å²) >= 11 is 0. The fraction of sp³-hybridized carbons (Fsp3) is 0.500. The van der Waals surface area contributed by atoms with Gasteiger partial charge in [-0.2, -0.15) is 0 Å². The first-order chi connectivity index (χ1) is 10.8. The van der Waals surface area contributed by atoms with Crippen LogP contribution in [0.1, 0.15) is 30.7 Å². The van der Waals surface area contributed by atoms with Gasteiger partial charge >= 0.3 is 0 Å². The molecule has 0 aliphatic carbocycles. The Balaban J connectivity index is 1.40. The van der Waals surface area contributed by atoms with Crippen LogP contribution in [0.3, 0.4) is 0 Å². The van der Waals surface area contributed by atoms with Crippen LogP contribution < -0.4 is 0 Å². The molecule has 1 fully saturated rings. The summed E-state index contributed by atoms with van der Waals surface area (Å²) in [6.45, 7) is 2.99. The molecule has 4 nitrogen and oxygen atoms in total. The molecule has 2 aromatic rings. The Morgan fingerprint density at radius 2 is 2.00 bits per heavy atom. The minimum Gasteiger partial charge on any atom is -0.393 e. The number of aromatic amines is 1.